The van der Waals surface area contributed by atoms with Gasteiger partial charge in [0.15, 0.2) is 6.23 Å². The number of aliphatic hydroxyl groups excluding tert-OH is 2. The van der Waals surface area contributed by atoms with Gasteiger partial charge in [0.2, 0.25) is 5.91 Å². The molecule has 1 rings (SSSR count). The predicted molar refractivity (Wildman–Crippen MR) is 83.2 cm³/mol. The molecule has 0 aliphatic carbocycles. The van der Waals surface area contributed by atoms with Gasteiger partial charge in [-0.15, -0.1) is 11.8 Å². The lowest BCUT2D eigenvalue weighted by molar-refractivity contribution is -0.154. The first-order valence-corrected chi connectivity index (χ1v) is 7.77. The summed E-state index contributed by atoms with van der Waals surface area (Å²) in [6, 6.07) is 0. The zero-order valence-electron chi connectivity index (χ0n) is 13.5. The molecule has 0 saturated carbocycles. The third kappa shape index (κ3) is 3.99. The minimum atomic E-state index is -1.06. The molecule has 0 fully saturated rings. The normalized spacial score (nSPS) is 28.4. The van der Waals surface area contributed by atoms with E-state index in [9.17, 15) is 15.0 Å². The molecule has 1 aliphatic heterocycles. The summed E-state index contributed by atoms with van der Waals surface area (Å²) >= 11 is 1.62. The van der Waals surface area contributed by atoms with Crippen LogP contribution < -0.4 is 0 Å². The van der Waals surface area contributed by atoms with Crippen molar-refractivity contribution in [2.24, 2.45) is 5.41 Å². The quantitative estimate of drug-likeness (QED) is 0.730. The highest BCUT2D eigenvalue weighted by Gasteiger charge is 2.43. The second-order valence-electron chi connectivity index (χ2n) is 7.28. The van der Waals surface area contributed by atoms with E-state index in [0.29, 0.717) is 0 Å². The third-order valence-corrected chi connectivity index (χ3v) is 4.64. The molecule has 1 aliphatic rings. The van der Waals surface area contributed by atoms with Gasteiger partial charge in [-0.3, -0.25) is 9.69 Å². The average Bonchev–Trinajstić information content (AvgIpc) is 2.18. The number of aliphatic hydroxyl groups is 2. The SMILES string of the molecule is CC(=O)N1[C@H](O)C=C(C(C)(C)C)[C@@H](SC(C)(C)C)[C@@H]1O. The molecule has 0 saturated heterocycles. The zero-order valence-corrected chi connectivity index (χ0v) is 14.3. The molecule has 0 spiro atoms. The highest BCUT2D eigenvalue weighted by Crippen LogP contribution is 2.44. The minimum Gasteiger partial charge on any atom is -0.372 e. The number of hydrogen-bond acceptors (Lipinski definition) is 4. The van der Waals surface area contributed by atoms with E-state index in [0.717, 1.165) is 10.5 Å². The van der Waals surface area contributed by atoms with Crippen molar-refractivity contribution in [3.63, 3.8) is 0 Å². The van der Waals surface area contributed by atoms with Gasteiger partial charge in [-0.2, -0.15) is 0 Å². The van der Waals surface area contributed by atoms with Crippen LogP contribution in [0.15, 0.2) is 11.6 Å². The lowest BCUT2D eigenvalue weighted by atomic mass is 9.81. The van der Waals surface area contributed by atoms with Crippen molar-refractivity contribution in [3.05, 3.63) is 11.6 Å². The highest BCUT2D eigenvalue weighted by molar-refractivity contribution is 8.01. The van der Waals surface area contributed by atoms with Gasteiger partial charge in [-0.1, -0.05) is 41.5 Å². The molecule has 0 radical (unpaired) electrons. The largest absolute Gasteiger partial charge is 0.372 e. The van der Waals surface area contributed by atoms with Crippen LogP contribution in [-0.4, -0.2) is 43.5 Å². The standard InChI is InChI=1S/C15H27NO3S/c1-9(17)16-11(18)8-10(14(2,3)4)12(13(16)19)20-15(5,6)7/h8,11-13,18-19H,1-7H3/t11-,12-,13+/m1/s1. The van der Waals surface area contributed by atoms with E-state index in [1.54, 1.807) is 17.8 Å². The van der Waals surface area contributed by atoms with Crippen LogP contribution in [0.3, 0.4) is 0 Å². The van der Waals surface area contributed by atoms with Crippen molar-refractivity contribution < 1.29 is 15.0 Å². The Bertz CT molecular complexity index is 406. The number of nitrogens with zero attached hydrogens (tertiary/aromatic N) is 1. The Morgan fingerprint density at radius 1 is 1.20 bits per heavy atom. The smallest absolute Gasteiger partial charge is 0.223 e. The minimum absolute atomic E-state index is 0.0548. The van der Waals surface area contributed by atoms with E-state index < -0.39 is 12.5 Å². The van der Waals surface area contributed by atoms with Crippen LogP contribution in [0, 0.1) is 5.41 Å². The van der Waals surface area contributed by atoms with E-state index in [-0.39, 0.29) is 21.3 Å². The maximum atomic E-state index is 11.7. The number of hydrogen-bond donors (Lipinski definition) is 2. The number of carbonyl (C=O) groups excluding carboxylic acids is 1. The van der Waals surface area contributed by atoms with Crippen LogP contribution in [0.5, 0.6) is 0 Å². The van der Waals surface area contributed by atoms with Gasteiger partial charge in [-0.05, 0) is 17.1 Å². The van der Waals surface area contributed by atoms with Crippen LogP contribution >= 0.6 is 11.8 Å². The first-order chi connectivity index (χ1) is 8.84. The molecule has 3 atom stereocenters. The molecule has 0 unspecified atom stereocenters. The molecule has 116 valence electrons. The van der Waals surface area contributed by atoms with Gasteiger partial charge >= 0.3 is 0 Å². The zero-order chi connectivity index (χ0) is 15.9. The molecule has 5 heteroatoms. The van der Waals surface area contributed by atoms with E-state index in [1.807, 2.05) is 0 Å². The molecular weight excluding hydrogens is 274 g/mol. The van der Waals surface area contributed by atoms with Gasteiger partial charge in [0, 0.05) is 11.7 Å². The van der Waals surface area contributed by atoms with Gasteiger partial charge < -0.3 is 10.2 Å². The van der Waals surface area contributed by atoms with Gasteiger partial charge in [0.05, 0.1) is 5.25 Å². The summed E-state index contributed by atoms with van der Waals surface area (Å²) in [5.41, 5.74) is 0.809. The summed E-state index contributed by atoms with van der Waals surface area (Å²) in [7, 11) is 0. The van der Waals surface area contributed by atoms with Crippen molar-refractivity contribution >= 4 is 17.7 Å². The van der Waals surface area contributed by atoms with Crippen LogP contribution in [0.4, 0.5) is 0 Å². The summed E-state index contributed by atoms with van der Waals surface area (Å²) in [6.07, 6.45) is -0.364. The fourth-order valence-corrected chi connectivity index (χ4v) is 3.93. The molecule has 0 bridgehead atoms. The summed E-state index contributed by atoms with van der Waals surface area (Å²) in [5.74, 6) is -0.325. The van der Waals surface area contributed by atoms with Gasteiger partial charge in [0.1, 0.15) is 6.23 Å². The highest BCUT2D eigenvalue weighted by atomic mass is 32.2. The molecule has 2 N–H and O–H groups in total. The molecule has 4 nitrogen and oxygen atoms in total. The summed E-state index contributed by atoms with van der Waals surface area (Å²) in [5, 5.41) is 20.4. The number of carbonyl (C=O) groups is 1. The Morgan fingerprint density at radius 3 is 2.05 bits per heavy atom. The fraction of sp³-hybridized carbons (Fsp3) is 0.800. The lowest BCUT2D eigenvalue weighted by Crippen LogP contribution is -2.55. The Hall–Kier alpha value is -0.520. The Balaban J connectivity index is 3.25. The van der Waals surface area contributed by atoms with Crippen LogP contribution in [0.25, 0.3) is 0 Å². The van der Waals surface area contributed by atoms with Crippen LogP contribution in [0.1, 0.15) is 48.5 Å². The number of thioether (sulfide) groups is 1. The number of rotatable bonds is 1. The summed E-state index contributed by atoms with van der Waals surface area (Å²) < 4.78 is -0.0548. The summed E-state index contributed by atoms with van der Waals surface area (Å²) in [6.45, 7) is 13.8. The third-order valence-electron chi connectivity index (χ3n) is 3.19. The monoisotopic (exact) mass is 301 g/mol. The van der Waals surface area contributed by atoms with E-state index in [2.05, 4.69) is 41.5 Å². The Morgan fingerprint density at radius 2 is 1.70 bits per heavy atom. The van der Waals surface area contributed by atoms with Crippen molar-refractivity contribution in [2.45, 2.75) is 70.9 Å². The summed E-state index contributed by atoms with van der Waals surface area (Å²) in [4.78, 5) is 12.8. The second-order valence-corrected chi connectivity index (χ2v) is 9.24. The maximum Gasteiger partial charge on any atom is 0.223 e. The molecule has 1 amide bonds. The average molecular weight is 301 g/mol. The van der Waals surface area contributed by atoms with Crippen LogP contribution in [-0.2, 0) is 4.79 Å². The maximum absolute atomic E-state index is 11.7. The molecule has 0 aromatic carbocycles. The van der Waals surface area contributed by atoms with E-state index >= 15 is 0 Å². The first kappa shape index (κ1) is 17.5. The predicted octanol–water partition coefficient (Wildman–Crippen LogP) is 2.36. The van der Waals surface area contributed by atoms with Crippen molar-refractivity contribution in [2.75, 3.05) is 0 Å². The molecule has 1 heterocycles. The van der Waals surface area contributed by atoms with Crippen molar-refractivity contribution in [3.8, 4) is 0 Å². The number of amides is 1. The van der Waals surface area contributed by atoms with E-state index in [4.69, 9.17) is 0 Å². The second kappa shape index (κ2) is 5.70. The Labute approximate surface area is 126 Å². The molecular formula is C15H27NO3S. The molecule has 20 heavy (non-hydrogen) atoms. The van der Waals surface area contributed by atoms with Crippen molar-refractivity contribution in [1.29, 1.82) is 0 Å². The van der Waals surface area contributed by atoms with Crippen LogP contribution in [0.2, 0.25) is 0 Å². The lowest BCUT2D eigenvalue weighted by Gasteiger charge is -2.45. The van der Waals surface area contributed by atoms with Crippen molar-refractivity contribution in [1.82, 2.24) is 4.90 Å². The molecule has 0 aromatic heterocycles. The van der Waals surface area contributed by atoms with Gasteiger partial charge in [0.25, 0.3) is 0 Å². The topological polar surface area (TPSA) is 60.8 Å². The first-order valence-electron chi connectivity index (χ1n) is 6.89. The fourth-order valence-electron chi connectivity index (χ4n) is 2.35. The van der Waals surface area contributed by atoms with E-state index in [1.165, 1.54) is 6.92 Å². The Kier molecular flexibility index (Phi) is 4.99. The molecule has 0 aromatic rings. The van der Waals surface area contributed by atoms with Gasteiger partial charge in [-0.25, -0.2) is 0 Å².